The van der Waals surface area contributed by atoms with Gasteiger partial charge in [-0.1, -0.05) is 23.7 Å². The van der Waals surface area contributed by atoms with Crippen LogP contribution in [0.1, 0.15) is 5.56 Å². The van der Waals surface area contributed by atoms with E-state index in [0.29, 0.717) is 10.8 Å². The molecular weight excluding hydrogens is 276 g/mol. The molecule has 3 aromatic rings. The molecule has 6 nitrogen and oxygen atoms in total. The van der Waals surface area contributed by atoms with E-state index in [1.165, 1.54) is 6.33 Å². The SMILES string of the molecule is Cn1ncc2c(N/N=C\c3ccc(Cl)cc3)ncnc21. The number of hydrogen-bond acceptors (Lipinski definition) is 5. The molecule has 0 bridgehead atoms. The molecule has 0 spiro atoms. The van der Waals surface area contributed by atoms with Crippen LogP contribution in [0.4, 0.5) is 5.82 Å². The summed E-state index contributed by atoms with van der Waals surface area (Å²) in [5.41, 5.74) is 4.59. The minimum atomic E-state index is 0.619. The first-order valence-corrected chi connectivity index (χ1v) is 6.29. The topological polar surface area (TPSA) is 68.0 Å². The Bertz CT molecular complexity index is 762. The lowest BCUT2D eigenvalue weighted by Gasteiger charge is -2.00. The van der Waals surface area contributed by atoms with E-state index in [0.717, 1.165) is 16.6 Å². The fraction of sp³-hybridized carbons (Fsp3) is 0.0769. The van der Waals surface area contributed by atoms with Crippen molar-refractivity contribution >= 4 is 34.7 Å². The van der Waals surface area contributed by atoms with Crippen molar-refractivity contribution in [2.75, 3.05) is 5.43 Å². The molecule has 0 aliphatic rings. The zero-order chi connectivity index (χ0) is 13.9. The number of aryl methyl sites for hydroxylation is 1. The molecule has 0 radical (unpaired) electrons. The summed E-state index contributed by atoms with van der Waals surface area (Å²) in [6, 6.07) is 7.39. The number of nitrogens with one attached hydrogen (secondary N) is 1. The van der Waals surface area contributed by atoms with Crippen LogP contribution < -0.4 is 5.43 Å². The van der Waals surface area contributed by atoms with Gasteiger partial charge < -0.3 is 0 Å². The standard InChI is InChI=1S/C13H11ClN6/c1-20-13-11(7-18-20)12(15-8-16-13)19-17-6-9-2-4-10(14)5-3-9/h2-8H,1H3,(H,15,16,19)/b17-6-. The Morgan fingerprint density at radius 3 is 2.85 bits per heavy atom. The maximum atomic E-state index is 5.82. The van der Waals surface area contributed by atoms with Crippen molar-refractivity contribution in [3.63, 3.8) is 0 Å². The molecule has 0 amide bonds. The predicted octanol–water partition coefficient (Wildman–Crippen LogP) is 2.46. The molecule has 0 aliphatic heterocycles. The molecule has 0 saturated heterocycles. The van der Waals surface area contributed by atoms with Crippen molar-refractivity contribution in [1.82, 2.24) is 19.7 Å². The van der Waals surface area contributed by atoms with E-state index in [9.17, 15) is 0 Å². The van der Waals surface area contributed by atoms with Gasteiger partial charge in [-0.15, -0.1) is 0 Å². The third-order valence-electron chi connectivity index (χ3n) is 2.78. The van der Waals surface area contributed by atoms with Gasteiger partial charge in [0.2, 0.25) is 0 Å². The smallest absolute Gasteiger partial charge is 0.163 e. The zero-order valence-electron chi connectivity index (χ0n) is 10.7. The van der Waals surface area contributed by atoms with Crippen LogP contribution in [-0.2, 0) is 7.05 Å². The molecule has 20 heavy (non-hydrogen) atoms. The van der Waals surface area contributed by atoms with Gasteiger partial charge in [-0.2, -0.15) is 10.2 Å². The number of anilines is 1. The molecule has 0 saturated carbocycles. The minimum absolute atomic E-state index is 0.619. The average molecular weight is 287 g/mol. The molecule has 0 fully saturated rings. The van der Waals surface area contributed by atoms with Crippen molar-refractivity contribution < 1.29 is 0 Å². The summed E-state index contributed by atoms with van der Waals surface area (Å²) in [5, 5.41) is 9.82. The van der Waals surface area contributed by atoms with Crippen LogP contribution in [0.3, 0.4) is 0 Å². The Hall–Kier alpha value is -2.47. The first-order chi connectivity index (χ1) is 9.74. The van der Waals surface area contributed by atoms with Gasteiger partial charge in [0.25, 0.3) is 0 Å². The van der Waals surface area contributed by atoms with Gasteiger partial charge in [0, 0.05) is 12.1 Å². The number of hydrogen-bond donors (Lipinski definition) is 1. The molecule has 7 heteroatoms. The summed E-state index contributed by atoms with van der Waals surface area (Å²) < 4.78 is 1.69. The monoisotopic (exact) mass is 286 g/mol. The van der Waals surface area contributed by atoms with Crippen molar-refractivity contribution in [2.24, 2.45) is 12.1 Å². The first kappa shape index (κ1) is 12.6. The Morgan fingerprint density at radius 1 is 1.25 bits per heavy atom. The number of fused-ring (bicyclic) bond motifs is 1. The van der Waals surface area contributed by atoms with E-state index in [2.05, 4.69) is 25.6 Å². The highest BCUT2D eigenvalue weighted by Crippen LogP contribution is 2.17. The van der Waals surface area contributed by atoms with Gasteiger partial charge >= 0.3 is 0 Å². The van der Waals surface area contributed by atoms with Gasteiger partial charge in [-0.3, -0.25) is 10.1 Å². The Labute approximate surface area is 120 Å². The van der Waals surface area contributed by atoms with E-state index < -0.39 is 0 Å². The van der Waals surface area contributed by atoms with Gasteiger partial charge in [-0.05, 0) is 17.7 Å². The lowest BCUT2D eigenvalue weighted by molar-refractivity contribution is 0.785. The largest absolute Gasteiger partial charge is 0.261 e. The summed E-state index contributed by atoms with van der Waals surface area (Å²) in [5.74, 6) is 0.619. The Morgan fingerprint density at radius 2 is 2.05 bits per heavy atom. The van der Waals surface area contributed by atoms with Crippen LogP contribution in [0.15, 0.2) is 41.9 Å². The van der Waals surface area contributed by atoms with Crippen LogP contribution in [0, 0.1) is 0 Å². The summed E-state index contributed by atoms with van der Waals surface area (Å²) in [6.07, 6.45) is 4.88. The second-order valence-corrected chi connectivity index (χ2v) is 4.59. The van der Waals surface area contributed by atoms with E-state index in [4.69, 9.17) is 11.6 Å². The third kappa shape index (κ3) is 2.46. The molecule has 0 aliphatic carbocycles. The van der Waals surface area contributed by atoms with Crippen molar-refractivity contribution in [3.8, 4) is 0 Å². The average Bonchev–Trinajstić information content (AvgIpc) is 2.84. The van der Waals surface area contributed by atoms with Gasteiger partial charge in [0.1, 0.15) is 6.33 Å². The fourth-order valence-corrected chi connectivity index (χ4v) is 1.89. The molecule has 3 rings (SSSR count). The highest BCUT2D eigenvalue weighted by Gasteiger charge is 2.06. The number of aromatic nitrogens is 4. The predicted molar refractivity (Wildman–Crippen MR) is 79.0 cm³/mol. The van der Waals surface area contributed by atoms with E-state index in [1.54, 1.807) is 17.1 Å². The van der Waals surface area contributed by atoms with E-state index in [1.807, 2.05) is 31.3 Å². The van der Waals surface area contributed by atoms with Crippen LogP contribution in [0.5, 0.6) is 0 Å². The van der Waals surface area contributed by atoms with Crippen LogP contribution in [0.25, 0.3) is 11.0 Å². The molecule has 2 heterocycles. The fourth-order valence-electron chi connectivity index (χ4n) is 1.77. The number of halogens is 1. The summed E-state index contributed by atoms with van der Waals surface area (Å²) in [7, 11) is 1.83. The Kier molecular flexibility index (Phi) is 3.30. The zero-order valence-corrected chi connectivity index (χ0v) is 11.4. The lowest BCUT2D eigenvalue weighted by Crippen LogP contribution is -1.97. The first-order valence-electron chi connectivity index (χ1n) is 5.91. The third-order valence-corrected chi connectivity index (χ3v) is 3.04. The van der Waals surface area contributed by atoms with Crippen molar-refractivity contribution in [3.05, 3.63) is 47.4 Å². The molecule has 100 valence electrons. The minimum Gasteiger partial charge on any atom is -0.261 e. The van der Waals surface area contributed by atoms with Crippen LogP contribution >= 0.6 is 11.6 Å². The molecule has 0 atom stereocenters. The molecule has 1 aromatic carbocycles. The Balaban J connectivity index is 1.81. The van der Waals surface area contributed by atoms with Crippen LogP contribution in [0.2, 0.25) is 5.02 Å². The molecule has 0 unspecified atom stereocenters. The van der Waals surface area contributed by atoms with Crippen LogP contribution in [-0.4, -0.2) is 26.0 Å². The second kappa shape index (κ2) is 5.26. The van der Waals surface area contributed by atoms with Gasteiger partial charge in [0.05, 0.1) is 17.8 Å². The summed E-state index contributed by atoms with van der Waals surface area (Å²) >= 11 is 5.82. The molecule has 2 aromatic heterocycles. The number of rotatable bonds is 3. The second-order valence-electron chi connectivity index (χ2n) is 4.15. The highest BCUT2D eigenvalue weighted by atomic mass is 35.5. The lowest BCUT2D eigenvalue weighted by atomic mass is 10.2. The summed E-state index contributed by atoms with van der Waals surface area (Å²) in [6.45, 7) is 0. The number of nitrogens with zero attached hydrogens (tertiary/aromatic N) is 5. The quantitative estimate of drug-likeness (QED) is 0.593. The summed E-state index contributed by atoms with van der Waals surface area (Å²) in [4.78, 5) is 8.32. The molecule has 1 N–H and O–H groups in total. The highest BCUT2D eigenvalue weighted by molar-refractivity contribution is 6.30. The number of hydrazone groups is 1. The van der Waals surface area contributed by atoms with Gasteiger partial charge in [0.15, 0.2) is 11.5 Å². The number of benzene rings is 1. The normalized spacial score (nSPS) is 11.3. The maximum absolute atomic E-state index is 5.82. The van der Waals surface area contributed by atoms with E-state index in [-0.39, 0.29) is 0 Å². The van der Waals surface area contributed by atoms with Crippen molar-refractivity contribution in [2.45, 2.75) is 0 Å². The van der Waals surface area contributed by atoms with Crippen molar-refractivity contribution in [1.29, 1.82) is 0 Å². The van der Waals surface area contributed by atoms with E-state index >= 15 is 0 Å². The molecular formula is C13H11ClN6. The van der Waals surface area contributed by atoms with Gasteiger partial charge in [-0.25, -0.2) is 9.97 Å². The maximum Gasteiger partial charge on any atom is 0.163 e.